The molecule has 1 aromatic rings. The van der Waals surface area contributed by atoms with Gasteiger partial charge in [0.15, 0.2) is 0 Å². The third-order valence-corrected chi connectivity index (χ3v) is 1.93. The average Bonchev–Trinajstić information content (AvgIpc) is 2.02. The molecule has 6 heteroatoms. The molecule has 1 aromatic carbocycles. The Morgan fingerprint density at radius 2 is 1.85 bits per heavy atom. The van der Waals surface area contributed by atoms with Gasteiger partial charge in [-0.1, -0.05) is 0 Å². The molecule has 0 radical (unpaired) electrons. The van der Waals surface area contributed by atoms with Crippen LogP contribution in [0.5, 0.6) is 5.75 Å². The number of aromatic hydroxyl groups is 1. The molecule has 0 unspecified atom stereocenters. The summed E-state index contributed by atoms with van der Waals surface area (Å²) in [5.74, 6) is -0.581. The SMILES string of the molecule is OSc1ccc(C(F)(F)F)cc1O. The Labute approximate surface area is 76.2 Å². The third kappa shape index (κ3) is 2.28. The van der Waals surface area contributed by atoms with Gasteiger partial charge in [0, 0.05) is 12.0 Å². The van der Waals surface area contributed by atoms with Gasteiger partial charge in [-0.05, 0) is 18.2 Å². The number of alkyl halides is 3. The molecule has 1 rings (SSSR count). The third-order valence-electron chi connectivity index (χ3n) is 1.38. The van der Waals surface area contributed by atoms with Gasteiger partial charge in [0.1, 0.15) is 5.75 Å². The second-order valence-electron chi connectivity index (χ2n) is 2.27. The average molecular weight is 210 g/mol. The smallest absolute Gasteiger partial charge is 0.416 e. The number of hydrogen-bond acceptors (Lipinski definition) is 3. The van der Waals surface area contributed by atoms with E-state index in [0.717, 1.165) is 12.1 Å². The number of hydrogen-bond donors (Lipinski definition) is 2. The van der Waals surface area contributed by atoms with Crippen LogP contribution in [0.15, 0.2) is 23.1 Å². The zero-order valence-corrected chi connectivity index (χ0v) is 6.99. The van der Waals surface area contributed by atoms with Gasteiger partial charge in [0.05, 0.1) is 10.5 Å². The Kier molecular flexibility index (Phi) is 2.72. The summed E-state index contributed by atoms with van der Waals surface area (Å²) in [6, 6.07) is 2.36. The van der Waals surface area contributed by atoms with E-state index in [9.17, 15) is 13.2 Å². The van der Waals surface area contributed by atoms with E-state index in [2.05, 4.69) is 0 Å². The van der Waals surface area contributed by atoms with Crippen LogP contribution in [0.2, 0.25) is 0 Å². The van der Waals surface area contributed by atoms with Crippen LogP contribution in [0.4, 0.5) is 13.2 Å². The number of phenolic OH excluding ortho intramolecular Hbond substituents is 1. The molecular weight excluding hydrogens is 205 g/mol. The Bertz CT molecular complexity index is 311. The quantitative estimate of drug-likeness (QED) is 0.700. The van der Waals surface area contributed by atoms with E-state index < -0.39 is 17.5 Å². The minimum atomic E-state index is -4.48. The van der Waals surface area contributed by atoms with E-state index in [1.807, 2.05) is 0 Å². The molecule has 0 saturated heterocycles. The summed E-state index contributed by atoms with van der Waals surface area (Å²) in [5, 5.41) is 8.97. The molecule has 2 N–H and O–H groups in total. The Morgan fingerprint density at radius 1 is 1.23 bits per heavy atom. The van der Waals surface area contributed by atoms with E-state index in [0.29, 0.717) is 6.07 Å². The zero-order valence-electron chi connectivity index (χ0n) is 6.17. The van der Waals surface area contributed by atoms with Crippen molar-refractivity contribution in [2.24, 2.45) is 0 Å². The van der Waals surface area contributed by atoms with Crippen LogP contribution in [-0.2, 0) is 6.18 Å². The van der Waals surface area contributed by atoms with Crippen molar-refractivity contribution in [2.75, 3.05) is 0 Å². The summed E-state index contributed by atoms with van der Waals surface area (Å²) in [7, 11) is 0. The molecule has 0 aliphatic rings. The molecule has 0 atom stereocenters. The van der Waals surface area contributed by atoms with Crippen LogP contribution in [0.1, 0.15) is 5.56 Å². The molecule has 0 bridgehead atoms. The highest BCUT2D eigenvalue weighted by atomic mass is 32.2. The lowest BCUT2D eigenvalue weighted by Crippen LogP contribution is -2.04. The first kappa shape index (κ1) is 10.2. The fourth-order valence-electron chi connectivity index (χ4n) is 0.771. The van der Waals surface area contributed by atoms with Gasteiger partial charge in [-0.3, -0.25) is 0 Å². The molecule has 0 spiro atoms. The molecule has 0 aromatic heterocycles. The second kappa shape index (κ2) is 3.47. The molecule has 0 aliphatic carbocycles. The van der Waals surface area contributed by atoms with Crippen LogP contribution in [0, 0.1) is 0 Å². The predicted octanol–water partition coefficient (Wildman–Crippen LogP) is 2.98. The molecular formula is C7H5F3O2S. The molecule has 72 valence electrons. The lowest BCUT2D eigenvalue weighted by Gasteiger charge is -2.07. The fourth-order valence-corrected chi connectivity index (χ4v) is 1.05. The molecule has 2 nitrogen and oxygen atoms in total. The van der Waals surface area contributed by atoms with Crippen molar-refractivity contribution in [3.63, 3.8) is 0 Å². The molecule has 13 heavy (non-hydrogen) atoms. The number of halogens is 3. The van der Waals surface area contributed by atoms with Gasteiger partial charge < -0.3 is 9.66 Å². The van der Waals surface area contributed by atoms with Crippen molar-refractivity contribution in [3.8, 4) is 5.75 Å². The maximum absolute atomic E-state index is 12.0. The van der Waals surface area contributed by atoms with E-state index in [1.165, 1.54) is 0 Å². The second-order valence-corrected chi connectivity index (χ2v) is 2.89. The van der Waals surface area contributed by atoms with E-state index >= 15 is 0 Å². The fraction of sp³-hybridized carbons (Fsp3) is 0.143. The van der Waals surface area contributed by atoms with Gasteiger partial charge in [-0.15, -0.1) is 0 Å². The highest BCUT2D eigenvalue weighted by Crippen LogP contribution is 2.35. The largest absolute Gasteiger partial charge is 0.507 e. The monoisotopic (exact) mass is 210 g/mol. The van der Waals surface area contributed by atoms with E-state index in [-0.39, 0.29) is 16.9 Å². The Hall–Kier alpha value is -0.880. The molecule has 0 amide bonds. The first-order valence-corrected chi connectivity index (χ1v) is 3.94. The van der Waals surface area contributed by atoms with Crippen molar-refractivity contribution >= 4 is 12.0 Å². The number of phenols is 1. The maximum atomic E-state index is 12.0. The summed E-state index contributed by atoms with van der Waals surface area (Å²) >= 11 is 0.197. The van der Waals surface area contributed by atoms with Gasteiger partial charge in [-0.2, -0.15) is 13.2 Å². The van der Waals surface area contributed by atoms with Crippen LogP contribution < -0.4 is 0 Å². The number of rotatable bonds is 1. The van der Waals surface area contributed by atoms with Gasteiger partial charge >= 0.3 is 6.18 Å². The highest BCUT2D eigenvalue weighted by Gasteiger charge is 2.31. The van der Waals surface area contributed by atoms with Crippen molar-refractivity contribution in [1.82, 2.24) is 0 Å². The lowest BCUT2D eigenvalue weighted by atomic mass is 10.2. The topological polar surface area (TPSA) is 40.5 Å². The Morgan fingerprint density at radius 3 is 2.23 bits per heavy atom. The van der Waals surface area contributed by atoms with Gasteiger partial charge in [-0.25, -0.2) is 0 Å². The van der Waals surface area contributed by atoms with Gasteiger partial charge in [0.25, 0.3) is 0 Å². The van der Waals surface area contributed by atoms with Gasteiger partial charge in [0.2, 0.25) is 0 Å². The minimum absolute atomic E-state index is 0.00648. The van der Waals surface area contributed by atoms with Crippen LogP contribution in [-0.4, -0.2) is 9.66 Å². The zero-order chi connectivity index (χ0) is 10.1. The highest BCUT2D eigenvalue weighted by molar-refractivity contribution is 7.93. The summed E-state index contributed by atoms with van der Waals surface area (Å²) in [5.41, 5.74) is -0.942. The van der Waals surface area contributed by atoms with Crippen LogP contribution in [0.3, 0.4) is 0 Å². The Balaban J connectivity index is 3.10. The summed E-state index contributed by atoms with van der Waals surface area (Å²) < 4.78 is 44.6. The maximum Gasteiger partial charge on any atom is 0.416 e. The van der Waals surface area contributed by atoms with E-state index in [4.69, 9.17) is 9.66 Å². The molecule has 0 aliphatic heterocycles. The van der Waals surface area contributed by atoms with Crippen molar-refractivity contribution < 1.29 is 22.8 Å². The summed E-state index contributed by atoms with van der Waals surface area (Å²) in [6.07, 6.45) is -4.48. The van der Waals surface area contributed by atoms with Crippen LogP contribution in [0.25, 0.3) is 0 Å². The minimum Gasteiger partial charge on any atom is -0.507 e. The summed E-state index contributed by atoms with van der Waals surface area (Å²) in [4.78, 5) is -0.00648. The molecule has 0 fully saturated rings. The molecule has 0 heterocycles. The first-order valence-electron chi connectivity index (χ1n) is 3.17. The normalized spacial score (nSPS) is 11.7. The van der Waals surface area contributed by atoms with Crippen molar-refractivity contribution in [2.45, 2.75) is 11.1 Å². The lowest BCUT2D eigenvalue weighted by molar-refractivity contribution is -0.137. The first-order chi connectivity index (χ1) is 5.95. The molecule has 0 saturated carbocycles. The standard InChI is InChI=1S/C7H5F3O2S/c8-7(9,10)4-1-2-6(13-12)5(11)3-4/h1-3,11-12H. The van der Waals surface area contributed by atoms with Crippen LogP contribution >= 0.6 is 12.0 Å². The van der Waals surface area contributed by atoms with Crippen molar-refractivity contribution in [3.05, 3.63) is 23.8 Å². The number of benzene rings is 1. The summed E-state index contributed by atoms with van der Waals surface area (Å²) in [6.45, 7) is 0. The van der Waals surface area contributed by atoms with E-state index in [1.54, 1.807) is 0 Å². The predicted molar refractivity (Wildman–Crippen MR) is 41.6 cm³/mol. The van der Waals surface area contributed by atoms with Crippen molar-refractivity contribution in [1.29, 1.82) is 0 Å².